The van der Waals surface area contributed by atoms with Crippen LogP contribution in [0.5, 0.6) is 11.5 Å². The number of benzene rings is 1. The molecular formula is C16H22N4O4. The van der Waals surface area contributed by atoms with Gasteiger partial charge in [0.05, 0.1) is 13.2 Å². The number of nitrogens with one attached hydrogen (secondary N) is 2. The van der Waals surface area contributed by atoms with E-state index in [0.29, 0.717) is 5.75 Å². The van der Waals surface area contributed by atoms with Crippen LogP contribution in [0.15, 0.2) is 18.2 Å². The molecule has 0 bridgehead atoms. The molecule has 2 fully saturated rings. The minimum absolute atomic E-state index is 0.0443. The minimum Gasteiger partial charge on any atom is -0.504 e. The third-order valence-electron chi connectivity index (χ3n) is 4.95. The van der Waals surface area contributed by atoms with Gasteiger partial charge in [0.1, 0.15) is 6.17 Å². The zero-order chi connectivity index (χ0) is 17.6. The van der Waals surface area contributed by atoms with E-state index >= 15 is 0 Å². The van der Waals surface area contributed by atoms with E-state index in [1.807, 2.05) is 6.92 Å². The topological polar surface area (TPSA) is 94.1 Å². The molecular weight excluding hydrogens is 312 g/mol. The average molecular weight is 334 g/mol. The molecule has 8 heteroatoms. The lowest BCUT2D eigenvalue weighted by Gasteiger charge is -2.52. The molecule has 0 radical (unpaired) electrons. The third kappa shape index (κ3) is 2.38. The first-order valence-corrected chi connectivity index (χ1v) is 7.78. The van der Waals surface area contributed by atoms with Gasteiger partial charge in [0.2, 0.25) is 0 Å². The second-order valence-electron chi connectivity index (χ2n) is 6.31. The van der Waals surface area contributed by atoms with Gasteiger partial charge in [0.25, 0.3) is 0 Å². The fourth-order valence-corrected chi connectivity index (χ4v) is 3.63. The molecule has 2 aliphatic rings. The molecule has 0 spiro atoms. The SMILES string of the molecule is COc1cc([C@H]2[C@H]3[C@H](C)NC(=O)N(C)[C@@H]3NC(=O)N2C)ccc1O. The minimum atomic E-state index is -0.401. The number of rotatable bonds is 2. The highest BCUT2D eigenvalue weighted by atomic mass is 16.5. The summed E-state index contributed by atoms with van der Waals surface area (Å²) in [4.78, 5) is 27.6. The average Bonchev–Trinajstić information content (AvgIpc) is 2.55. The molecule has 1 aromatic rings. The van der Waals surface area contributed by atoms with Gasteiger partial charge in [-0.3, -0.25) is 0 Å². The molecule has 3 N–H and O–H groups in total. The Morgan fingerprint density at radius 2 is 1.79 bits per heavy atom. The molecule has 24 heavy (non-hydrogen) atoms. The number of fused-ring (bicyclic) bond motifs is 1. The van der Waals surface area contributed by atoms with Gasteiger partial charge in [-0.1, -0.05) is 6.07 Å². The van der Waals surface area contributed by atoms with Crippen molar-refractivity contribution in [3.8, 4) is 11.5 Å². The fourth-order valence-electron chi connectivity index (χ4n) is 3.63. The number of amides is 4. The highest BCUT2D eigenvalue weighted by Crippen LogP contribution is 2.40. The van der Waals surface area contributed by atoms with Gasteiger partial charge in [-0.15, -0.1) is 0 Å². The molecule has 2 aliphatic heterocycles. The van der Waals surface area contributed by atoms with Crippen LogP contribution in [0.1, 0.15) is 18.5 Å². The molecule has 0 aromatic heterocycles. The maximum Gasteiger partial charge on any atom is 0.319 e. The summed E-state index contributed by atoms with van der Waals surface area (Å²) >= 11 is 0. The van der Waals surface area contributed by atoms with E-state index < -0.39 is 6.17 Å². The number of aromatic hydroxyl groups is 1. The van der Waals surface area contributed by atoms with Crippen molar-refractivity contribution in [1.29, 1.82) is 0 Å². The van der Waals surface area contributed by atoms with Gasteiger partial charge >= 0.3 is 12.1 Å². The van der Waals surface area contributed by atoms with Crippen LogP contribution in [0.25, 0.3) is 0 Å². The molecule has 4 atom stereocenters. The second-order valence-corrected chi connectivity index (χ2v) is 6.31. The summed E-state index contributed by atoms with van der Waals surface area (Å²) in [5.74, 6) is 0.330. The van der Waals surface area contributed by atoms with Crippen LogP contribution < -0.4 is 15.4 Å². The van der Waals surface area contributed by atoms with Crippen LogP contribution in [0, 0.1) is 5.92 Å². The number of phenolic OH excluding ortho intramolecular Hbond substituents is 1. The first kappa shape index (κ1) is 16.2. The Kier molecular flexibility index (Phi) is 3.90. The molecule has 0 saturated carbocycles. The van der Waals surface area contributed by atoms with Crippen LogP contribution >= 0.6 is 0 Å². The molecule has 130 valence electrons. The van der Waals surface area contributed by atoms with Crippen molar-refractivity contribution in [2.24, 2.45) is 5.92 Å². The van der Waals surface area contributed by atoms with Crippen molar-refractivity contribution in [1.82, 2.24) is 20.4 Å². The number of ether oxygens (including phenoxy) is 1. The van der Waals surface area contributed by atoms with Gasteiger partial charge in [-0.25, -0.2) is 9.59 Å². The highest BCUT2D eigenvalue weighted by Gasteiger charge is 2.49. The maximum atomic E-state index is 12.4. The number of phenols is 1. The smallest absolute Gasteiger partial charge is 0.319 e. The van der Waals surface area contributed by atoms with E-state index in [9.17, 15) is 14.7 Å². The first-order valence-electron chi connectivity index (χ1n) is 7.78. The van der Waals surface area contributed by atoms with Crippen LogP contribution in [-0.4, -0.2) is 60.4 Å². The number of methoxy groups -OCH3 is 1. The Hall–Kier alpha value is -2.64. The number of hydrogen-bond acceptors (Lipinski definition) is 4. The van der Waals surface area contributed by atoms with Crippen molar-refractivity contribution in [2.75, 3.05) is 21.2 Å². The van der Waals surface area contributed by atoms with Crippen molar-refractivity contribution in [3.05, 3.63) is 23.8 Å². The van der Waals surface area contributed by atoms with Gasteiger partial charge in [-0.2, -0.15) is 0 Å². The molecule has 4 amide bonds. The Morgan fingerprint density at radius 1 is 1.12 bits per heavy atom. The van der Waals surface area contributed by atoms with Crippen molar-refractivity contribution in [3.63, 3.8) is 0 Å². The lowest BCUT2D eigenvalue weighted by molar-refractivity contribution is 0.0247. The monoisotopic (exact) mass is 334 g/mol. The Labute approximate surface area is 140 Å². The summed E-state index contributed by atoms with van der Waals surface area (Å²) in [6.45, 7) is 1.93. The van der Waals surface area contributed by atoms with E-state index in [1.165, 1.54) is 12.0 Å². The van der Waals surface area contributed by atoms with Crippen molar-refractivity contribution >= 4 is 12.1 Å². The van der Waals surface area contributed by atoms with Crippen LogP contribution in [-0.2, 0) is 0 Å². The number of hydrogen-bond donors (Lipinski definition) is 3. The van der Waals surface area contributed by atoms with Crippen LogP contribution in [0.3, 0.4) is 0 Å². The summed E-state index contributed by atoms with van der Waals surface area (Å²) in [6.07, 6.45) is -0.401. The molecule has 2 heterocycles. The number of carbonyl (C=O) groups is 2. The third-order valence-corrected chi connectivity index (χ3v) is 4.95. The zero-order valence-electron chi connectivity index (χ0n) is 14.1. The number of urea groups is 2. The van der Waals surface area contributed by atoms with E-state index in [4.69, 9.17) is 4.74 Å². The van der Waals surface area contributed by atoms with Crippen molar-refractivity contribution < 1.29 is 19.4 Å². The predicted octanol–water partition coefficient (Wildman–Crippen LogP) is 1.08. The lowest BCUT2D eigenvalue weighted by atomic mass is 9.81. The molecule has 3 rings (SSSR count). The van der Waals surface area contributed by atoms with Gasteiger partial charge < -0.3 is 30.3 Å². The standard InChI is InChI=1S/C16H22N4O4/c1-8-12-13(9-5-6-10(21)11(7-9)24-4)19(2)16(23)18-14(12)20(3)15(22)17-8/h5-8,12-14,21H,1-4H3,(H,17,22)(H,18,23)/t8-,12+,13-,14-/m0/s1. The lowest BCUT2D eigenvalue weighted by Crippen LogP contribution is -2.71. The fraction of sp³-hybridized carbons (Fsp3) is 0.500. The van der Waals surface area contributed by atoms with E-state index in [-0.39, 0.29) is 35.8 Å². The zero-order valence-corrected chi connectivity index (χ0v) is 14.1. The summed E-state index contributed by atoms with van der Waals surface area (Å²) in [5, 5.41) is 15.7. The van der Waals surface area contributed by atoms with Gasteiger partial charge in [-0.05, 0) is 24.6 Å². The number of nitrogens with zero attached hydrogens (tertiary/aromatic N) is 2. The van der Waals surface area contributed by atoms with Gasteiger partial charge in [0, 0.05) is 26.1 Å². The number of carbonyl (C=O) groups excluding carboxylic acids is 2. The second kappa shape index (κ2) is 5.77. The molecule has 1 aromatic carbocycles. The normalized spacial score (nSPS) is 29.7. The summed E-state index contributed by atoms with van der Waals surface area (Å²) in [5.41, 5.74) is 0.841. The first-order chi connectivity index (χ1) is 11.3. The largest absolute Gasteiger partial charge is 0.504 e. The summed E-state index contributed by atoms with van der Waals surface area (Å²) < 4.78 is 5.19. The van der Waals surface area contributed by atoms with E-state index in [1.54, 1.807) is 37.2 Å². The summed E-state index contributed by atoms with van der Waals surface area (Å²) in [6, 6.07) is 4.20. The van der Waals surface area contributed by atoms with Crippen LogP contribution in [0.2, 0.25) is 0 Å². The van der Waals surface area contributed by atoms with Crippen LogP contribution in [0.4, 0.5) is 9.59 Å². The van der Waals surface area contributed by atoms with E-state index in [2.05, 4.69) is 10.6 Å². The summed E-state index contributed by atoms with van der Waals surface area (Å²) in [7, 11) is 4.87. The quantitative estimate of drug-likeness (QED) is 0.754. The predicted molar refractivity (Wildman–Crippen MR) is 86.7 cm³/mol. The van der Waals surface area contributed by atoms with E-state index in [0.717, 1.165) is 5.56 Å². The Balaban J connectivity index is 2.06. The molecule has 0 unspecified atom stereocenters. The Morgan fingerprint density at radius 3 is 2.46 bits per heavy atom. The molecule has 2 saturated heterocycles. The molecule has 8 nitrogen and oxygen atoms in total. The molecule has 0 aliphatic carbocycles. The maximum absolute atomic E-state index is 12.4. The Bertz CT molecular complexity index is 680. The highest BCUT2D eigenvalue weighted by molar-refractivity contribution is 5.80. The van der Waals surface area contributed by atoms with Gasteiger partial charge in [0.15, 0.2) is 11.5 Å². The van der Waals surface area contributed by atoms with Crippen molar-refractivity contribution in [2.45, 2.75) is 25.2 Å².